The first-order valence-electron chi connectivity index (χ1n) is 9.62. The van der Waals surface area contributed by atoms with Gasteiger partial charge in [-0.1, -0.05) is 103 Å². The lowest BCUT2D eigenvalue weighted by atomic mass is 10.0. The Kier molecular flexibility index (Phi) is 15.1. The Bertz CT molecular complexity index is 329. The molecule has 0 unspecified atom stereocenters. The molecule has 0 aliphatic heterocycles. The topological polar surface area (TPSA) is 37.3 Å². The van der Waals surface area contributed by atoms with Gasteiger partial charge in [-0.25, -0.2) is 4.79 Å². The number of carboxylic acid groups (broad SMARTS) is 1. The van der Waals surface area contributed by atoms with Crippen molar-refractivity contribution in [2.24, 2.45) is 5.92 Å². The minimum Gasteiger partial charge on any atom is -0.478 e. The summed E-state index contributed by atoms with van der Waals surface area (Å²) in [5.41, 5.74) is 0.175. The molecule has 0 saturated heterocycles. The molecule has 0 rings (SSSR count). The molecule has 2 heteroatoms. The van der Waals surface area contributed by atoms with E-state index >= 15 is 0 Å². The van der Waals surface area contributed by atoms with Crippen molar-refractivity contribution in [3.63, 3.8) is 0 Å². The van der Waals surface area contributed by atoms with Gasteiger partial charge in [0.05, 0.1) is 5.57 Å². The number of hydrogen-bond acceptors (Lipinski definition) is 1. The van der Waals surface area contributed by atoms with Crippen LogP contribution in [0.5, 0.6) is 0 Å². The average molecular weight is 323 g/mol. The predicted molar refractivity (Wildman–Crippen MR) is 101 cm³/mol. The van der Waals surface area contributed by atoms with Crippen LogP contribution < -0.4 is 0 Å². The van der Waals surface area contributed by atoms with Crippen molar-refractivity contribution in [3.8, 4) is 0 Å². The number of carboxylic acids is 1. The quantitative estimate of drug-likeness (QED) is 0.190. The molecule has 0 heterocycles. The van der Waals surface area contributed by atoms with E-state index in [1.807, 2.05) is 6.08 Å². The molecule has 0 atom stereocenters. The minimum absolute atomic E-state index is 0.175. The molecule has 0 radical (unpaired) electrons. The van der Waals surface area contributed by atoms with Gasteiger partial charge in [-0.05, 0) is 18.8 Å². The number of unbranched alkanes of at least 4 members (excludes halogenated alkanes) is 11. The lowest BCUT2D eigenvalue weighted by molar-refractivity contribution is -0.132. The summed E-state index contributed by atoms with van der Waals surface area (Å²) in [4.78, 5) is 10.5. The van der Waals surface area contributed by atoms with Crippen LogP contribution in [0.3, 0.4) is 0 Å². The largest absolute Gasteiger partial charge is 0.478 e. The van der Waals surface area contributed by atoms with Gasteiger partial charge in [-0.15, -0.1) is 0 Å². The van der Waals surface area contributed by atoms with Crippen LogP contribution >= 0.6 is 0 Å². The molecule has 134 valence electrons. The SMILES string of the molecule is C=C(C=CCCCCCCCCCCCCCC(C)C)C(=O)O. The first kappa shape index (κ1) is 21.9. The minimum atomic E-state index is -0.929. The maximum atomic E-state index is 10.5. The zero-order valence-electron chi connectivity index (χ0n) is 15.5. The molecule has 0 aliphatic carbocycles. The monoisotopic (exact) mass is 322 g/mol. The van der Waals surface area contributed by atoms with Gasteiger partial charge in [-0.2, -0.15) is 0 Å². The molecule has 1 N–H and O–H groups in total. The second-order valence-corrected chi connectivity index (χ2v) is 7.09. The van der Waals surface area contributed by atoms with Crippen LogP contribution in [0.15, 0.2) is 24.3 Å². The number of hydrogen-bond donors (Lipinski definition) is 1. The highest BCUT2D eigenvalue weighted by Crippen LogP contribution is 2.14. The van der Waals surface area contributed by atoms with Crippen molar-refractivity contribution < 1.29 is 9.90 Å². The summed E-state index contributed by atoms with van der Waals surface area (Å²) in [7, 11) is 0. The van der Waals surface area contributed by atoms with E-state index in [4.69, 9.17) is 5.11 Å². The van der Waals surface area contributed by atoms with E-state index in [0.29, 0.717) is 0 Å². The van der Waals surface area contributed by atoms with Gasteiger partial charge in [0.25, 0.3) is 0 Å². The standard InChI is InChI=1S/C21H38O2/c1-19(2)17-15-13-11-9-7-5-4-6-8-10-12-14-16-18-20(3)21(22)23/h16,18-19H,3-15,17H2,1-2H3,(H,22,23). The summed E-state index contributed by atoms with van der Waals surface area (Å²) < 4.78 is 0. The van der Waals surface area contributed by atoms with E-state index in [1.165, 1.54) is 70.6 Å². The third kappa shape index (κ3) is 17.1. The smallest absolute Gasteiger partial charge is 0.335 e. The van der Waals surface area contributed by atoms with Crippen molar-refractivity contribution in [1.82, 2.24) is 0 Å². The Morgan fingerprint density at radius 1 is 0.870 bits per heavy atom. The van der Waals surface area contributed by atoms with Crippen LogP contribution in [0.25, 0.3) is 0 Å². The van der Waals surface area contributed by atoms with Crippen molar-refractivity contribution in [3.05, 3.63) is 24.3 Å². The Labute approximate surface area is 144 Å². The summed E-state index contributed by atoms with van der Waals surface area (Å²) in [6.45, 7) is 8.09. The Morgan fingerprint density at radius 2 is 1.30 bits per heavy atom. The van der Waals surface area contributed by atoms with Gasteiger partial charge in [0.2, 0.25) is 0 Å². The third-order valence-electron chi connectivity index (χ3n) is 4.25. The summed E-state index contributed by atoms with van der Waals surface area (Å²) in [5, 5.41) is 8.66. The second kappa shape index (κ2) is 15.8. The molecule has 0 aromatic rings. The molecule has 0 amide bonds. The molecule has 0 aromatic heterocycles. The molecule has 0 spiro atoms. The first-order chi connectivity index (χ1) is 11.0. The normalized spacial score (nSPS) is 11.4. The molecule has 0 bridgehead atoms. The number of rotatable bonds is 16. The zero-order valence-corrected chi connectivity index (χ0v) is 15.5. The van der Waals surface area contributed by atoms with Crippen LogP contribution in [0.2, 0.25) is 0 Å². The van der Waals surface area contributed by atoms with Crippen molar-refractivity contribution in [1.29, 1.82) is 0 Å². The van der Waals surface area contributed by atoms with Gasteiger partial charge in [-0.3, -0.25) is 0 Å². The van der Waals surface area contributed by atoms with E-state index in [0.717, 1.165) is 18.8 Å². The van der Waals surface area contributed by atoms with Crippen LogP contribution in [0, 0.1) is 5.92 Å². The van der Waals surface area contributed by atoms with Gasteiger partial charge >= 0.3 is 5.97 Å². The Morgan fingerprint density at radius 3 is 1.74 bits per heavy atom. The molecule has 2 nitrogen and oxygen atoms in total. The van der Waals surface area contributed by atoms with E-state index in [-0.39, 0.29) is 5.57 Å². The highest BCUT2D eigenvalue weighted by Gasteiger charge is 1.97. The third-order valence-corrected chi connectivity index (χ3v) is 4.25. The highest BCUT2D eigenvalue weighted by atomic mass is 16.4. The summed E-state index contributed by atoms with van der Waals surface area (Å²) in [6.07, 6.45) is 20.8. The van der Waals surface area contributed by atoms with Crippen LogP contribution in [-0.4, -0.2) is 11.1 Å². The van der Waals surface area contributed by atoms with Crippen molar-refractivity contribution in [2.45, 2.75) is 97.3 Å². The lowest BCUT2D eigenvalue weighted by Gasteiger charge is -2.04. The Balaban J connectivity index is 3.16. The zero-order chi connectivity index (χ0) is 17.3. The van der Waals surface area contributed by atoms with Gasteiger partial charge < -0.3 is 5.11 Å². The summed E-state index contributed by atoms with van der Waals surface area (Å²) in [6, 6.07) is 0. The first-order valence-corrected chi connectivity index (χ1v) is 9.62. The molecular formula is C21H38O2. The lowest BCUT2D eigenvalue weighted by Crippen LogP contribution is -1.94. The van der Waals surface area contributed by atoms with Gasteiger partial charge in [0, 0.05) is 0 Å². The van der Waals surface area contributed by atoms with E-state index < -0.39 is 5.97 Å². The average Bonchev–Trinajstić information content (AvgIpc) is 2.50. The number of aliphatic carboxylic acids is 1. The summed E-state index contributed by atoms with van der Waals surface area (Å²) in [5.74, 6) is -0.0670. The van der Waals surface area contributed by atoms with Gasteiger partial charge in [0.1, 0.15) is 0 Å². The van der Waals surface area contributed by atoms with Crippen molar-refractivity contribution >= 4 is 5.97 Å². The number of carbonyl (C=O) groups is 1. The predicted octanol–water partition coefficient (Wildman–Crippen LogP) is 6.91. The number of allylic oxidation sites excluding steroid dienone is 1. The maximum absolute atomic E-state index is 10.5. The van der Waals surface area contributed by atoms with Crippen molar-refractivity contribution in [2.75, 3.05) is 0 Å². The van der Waals surface area contributed by atoms with Crippen LogP contribution in [0.1, 0.15) is 97.3 Å². The van der Waals surface area contributed by atoms with Gasteiger partial charge in [0.15, 0.2) is 0 Å². The molecule has 0 aliphatic rings. The summed E-state index contributed by atoms with van der Waals surface area (Å²) >= 11 is 0. The fourth-order valence-electron chi connectivity index (χ4n) is 2.70. The molecule has 0 aromatic carbocycles. The van der Waals surface area contributed by atoms with E-state index in [2.05, 4.69) is 20.4 Å². The maximum Gasteiger partial charge on any atom is 0.335 e. The molecule has 23 heavy (non-hydrogen) atoms. The molecule has 0 saturated carbocycles. The van der Waals surface area contributed by atoms with E-state index in [1.54, 1.807) is 6.08 Å². The van der Waals surface area contributed by atoms with E-state index in [9.17, 15) is 4.79 Å². The fraction of sp³-hybridized carbons (Fsp3) is 0.762. The molecular weight excluding hydrogens is 284 g/mol. The molecule has 0 fully saturated rings. The highest BCUT2D eigenvalue weighted by molar-refractivity contribution is 5.88. The van der Waals surface area contributed by atoms with Crippen LogP contribution in [-0.2, 0) is 4.79 Å². The Hall–Kier alpha value is -1.05. The van der Waals surface area contributed by atoms with Crippen LogP contribution in [0.4, 0.5) is 0 Å². The second-order valence-electron chi connectivity index (χ2n) is 7.09. The fourth-order valence-corrected chi connectivity index (χ4v) is 2.70.